The van der Waals surface area contributed by atoms with E-state index in [1.54, 1.807) is 6.26 Å². The Morgan fingerprint density at radius 2 is 2.05 bits per heavy atom. The average molecular weight is 272 g/mol. The van der Waals surface area contributed by atoms with Crippen LogP contribution in [0.25, 0.3) is 0 Å². The van der Waals surface area contributed by atoms with Crippen LogP contribution < -0.4 is 10.6 Å². The third-order valence-corrected chi connectivity index (χ3v) is 3.42. The Bertz CT molecular complexity index is 576. The maximum atomic E-state index is 11.9. The molecule has 1 heterocycles. The zero-order valence-electron chi connectivity index (χ0n) is 12.1. The summed E-state index contributed by atoms with van der Waals surface area (Å²) in [5, 5.41) is 6.05. The van der Waals surface area contributed by atoms with E-state index in [0.29, 0.717) is 0 Å². The van der Waals surface area contributed by atoms with Gasteiger partial charge in [-0.15, -0.1) is 0 Å². The fourth-order valence-electron chi connectivity index (χ4n) is 1.96. The van der Waals surface area contributed by atoms with Crippen molar-refractivity contribution in [2.24, 2.45) is 0 Å². The van der Waals surface area contributed by atoms with Crippen LogP contribution in [0, 0.1) is 13.8 Å². The number of carbonyl (C=O) groups excluding carboxylic acids is 1. The summed E-state index contributed by atoms with van der Waals surface area (Å²) in [7, 11) is 0. The van der Waals surface area contributed by atoms with Gasteiger partial charge in [0.25, 0.3) is 0 Å². The number of rotatable bonds is 5. The van der Waals surface area contributed by atoms with Gasteiger partial charge in [0.15, 0.2) is 0 Å². The van der Waals surface area contributed by atoms with E-state index in [1.807, 2.05) is 51.1 Å². The van der Waals surface area contributed by atoms with Gasteiger partial charge in [0, 0.05) is 5.69 Å². The van der Waals surface area contributed by atoms with Gasteiger partial charge in [-0.25, -0.2) is 0 Å². The van der Waals surface area contributed by atoms with Crippen LogP contribution in [0.5, 0.6) is 0 Å². The Morgan fingerprint density at radius 1 is 1.25 bits per heavy atom. The molecule has 2 aromatic rings. The summed E-state index contributed by atoms with van der Waals surface area (Å²) in [5.41, 5.74) is 3.13. The van der Waals surface area contributed by atoms with Crippen molar-refractivity contribution >= 4 is 11.6 Å². The Hall–Kier alpha value is -2.07. The van der Waals surface area contributed by atoms with Crippen LogP contribution in [-0.4, -0.2) is 12.5 Å². The molecule has 0 saturated heterocycles. The highest BCUT2D eigenvalue weighted by molar-refractivity contribution is 5.93. The van der Waals surface area contributed by atoms with Crippen molar-refractivity contribution in [2.75, 3.05) is 11.9 Å². The van der Waals surface area contributed by atoms with Crippen molar-refractivity contribution in [3.63, 3.8) is 0 Å². The molecule has 4 nitrogen and oxygen atoms in total. The number of amides is 1. The van der Waals surface area contributed by atoms with Gasteiger partial charge >= 0.3 is 0 Å². The molecule has 0 spiro atoms. The maximum Gasteiger partial charge on any atom is 0.238 e. The fourth-order valence-corrected chi connectivity index (χ4v) is 1.96. The summed E-state index contributed by atoms with van der Waals surface area (Å²) in [6, 6.07) is 9.62. The monoisotopic (exact) mass is 272 g/mol. The van der Waals surface area contributed by atoms with Crippen LogP contribution in [0.15, 0.2) is 41.0 Å². The maximum absolute atomic E-state index is 11.9. The Balaban J connectivity index is 1.88. The second kappa shape index (κ2) is 6.39. The van der Waals surface area contributed by atoms with Crippen LogP contribution in [0.2, 0.25) is 0 Å². The zero-order valence-corrected chi connectivity index (χ0v) is 12.1. The molecule has 20 heavy (non-hydrogen) atoms. The third-order valence-electron chi connectivity index (χ3n) is 3.42. The molecule has 1 aromatic heterocycles. The van der Waals surface area contributed by atoms with Gasteiger partial charge in [0.1, 0.15) is 5.76 Å². The Morgan fingerprint density at radius 3 is 2.75 bits per heavy atom. The van der Waals surface area contributed by atoms with Gasteiger partial charge in [0.2, 0.25) is 5.91 Å². The number of aryl methyl sites for hydroxylation is 1. The summed E-state index contributed by atoms with van der Waals surface area (Å²) in [6.45, 7) is 6.24. The first-order valence-corrected chi connectivity index (χ1v) is 6.71. The number of benzene rings is 1. The molecule has 2 rings (SSSR count). The van der Waals surface area contributed by atoms with Crippen molar-refractivity contribution < 1.29 is 9.21 Å². The molecule has 0 fully saturated rings. The van der Waals surface area contributed by atoms with Crippen LogP contribution in [0.4, 0.5) is 5.69 Å². The lowest BCUT2D eigenvalue weighted by Gasteiger charge is -2.13. The number of nitrogens with one attached hydrogen (secondary N) is 2. The van der Waals surface area contributed by atoms with Crippen LogP contribution >= 0.6 is 0 Å². The quantitative estimate of drug-likeness (QED) is 0.879. The van der Waals surface area contributed by atoms with Gasteiger partial charge < -0.3 is 9.73 Å². The number of furan rings is 1. The summed E-state index contributed by atoms with van der Waals surface area (Å²) in [5.74, 6) is 0.765. The second-order valence-corrected chi connectivity index (χ2v) is 4.91. The molecule has 0 bridgehead atoms. The van der Waals surface area contributed by atoms with Crippen molar-refractivity contribution in [1.82, 2.24) is 5.32 Å². The molecule has 4 heteroatoms. The van der Waals surface area contributed by atoms with Gasteiger partial charge in [-0.1, -0.05) is 12.1 Å². The van der Waals surface area contributed by atoms with Crippen molar-refractivity contribution in [3.8, 4) is 0 Å². The van der Waals surface area contributed by atoms with Crippen molar-refractivity contribution in [1.29, 1.82) is 0 Å². The third kappa shape index (κ3) is 3.48. The minimum atomic E-state index is -0.0582. The number of carbonyl (C=O) groups is 1. The summed E-state index contributed by atoms with van der Waals surface area (Å²) in [4.78, 5) is 11.9. The molecule has 1 aromatic carbocycles. The highest BCUT2D eigenvalue weighted by atomic mass is 16.3. The van der Waals surface area contributed by atoms with Crippen molar-refractivity contribution in [3.05, 3.63) is 53.5 Å². The van der Waals surface area contributed by atoms with Gasteiger partial charge in [0.05, 0.1) is 18.8 Å². The molecular weight excluding hydrogens is 252 g/mol. The van der Waals surface area contributed by atoms with Crippen molar-refractivity contribution in [2.45, 2.75) is 26.8 Å². The summed E-state index contributed by atoms with van der Waals surface area (Å²) < 4.78 is 5.29. The van der Waals surface area contributed by atoms with Gasteiger partial charge in [-0.3, -0.25) is 10.1 Å². The highest BCUT2D eigenvalue weighted by Gasteiger charge is 2.10. The first-order chi connectivity index (χ1) is 9.58. The topological polar surface area (TPSA) is 54.3 Å². The normalized spacial score (nSPS) is 12.2. The minimum Gasteiger partial charge on any atom is -0.468 e. The lowest BCUT2D eigenvalue weighted by Crippen LogP contribution is -2.30. The molecule has 1 atom stereocenters. The number of anilines is 1. The van der Waals surface area contributed by atoms with Gasteiger partial charge in [-0.2, -0.15) is 0 Å². The molecule has 106 valence electrons. The van der Waals surface area contributed by atoms with E-state index in [-0.39, 0.29) is 18.5 Å². The Kier molecular flexibility index (Phi) is 4.58. The van der Waals surface area contributed by atoms with E-state index in [0.717, 1.165) is 17.0 Å². The Labute approximate surface area is 119 Å². The first-order valence-electron chi connectivity index (χ1n) is 6.71. The van der Waals surface area contributed by atoms with Crippen LogP contribution in [0.1, 0.15) is 29.9 Å². The summed E-state index contributed by atoms with van der Waals surface area (Å²) in [6.07, 6.45) is 1.63. The van der Waals surface area contributed by atoms with E-state index in [9.17, 15) is 4.79 Å². The highest BCUT2D eigenvalue weighted by Crippen LogP contribution is 2.18. The fraction of sp³-hybridized carbons (Fsp3) is 0.312. The SMILES string of the molecule is Cc1cccc(NC(=O)CN[C@@H](C)c2ccco2)c1C. The largest absolute Gasteiger partial charge is 0.468 e. The second-order valence-electron chi connectivity index (χ2n) is 4.91. The van der Waals surface area contributed by atoms with E-state index >= 15 is 0 Å². The predicted molar refractivity (Wildman–Crippen MR) is 79.7 cm³/mol. The molecule has 0 aliphatic carbocycles. The smallest absolute Gasteiger partial charge is 0.238 e. The van der Waals surface area contributed by atoms with E-state index in [4.69, 9.17) is 4.42 Å². The standard InChI is InChI=1S/C16H20N2O2/c1-11-6-4-7-14(12(11)2)18-16(19)10-17-13(3)15-8-5-9-20-15/h4-9,13,17H,10H2,1-3H3,(H,18,19)/t13-/m0/s1. The molecule has 1 amide bonds. The molecule has 0 radical (unpaired) electrons. The van der Waals surface area contributed by atoms with Crippen LogP contribution in [-0.2, 0) is 4.79 Å². The number of hydrogen-bond donors (Lipinski definition) is 2. The molecule has 0 aliphatic heterocycles. The van der Waals surface area contributed by atoms with E-state index in [1.165, 1.54) is 5.56 Å². The van der Waals surface area contributed by atoms with E-state index < -0.39 is 0 Å². The molecule has 2 N–H and O–H groups in total. The molecular formula is C16H20N2O2. The lowest BCUT2D eigenvalue weighted by atomic mass is 10.1. The number of hydrogen-bond acceptors (Lipinski definition) is 3. The summed E-state index contributed by atoms with van der Waals surface area (Å²) >= 11 is 0. The predicted octanol–water partition coefficient (Wildman–Crippen LogP) is 3.19. The molecule has 0 aliphatic rings. The van der Waals surface area contributed by atoms with Crippen LogP contribution in [0.3, 0.4) is 0 Å². The zero-order chi connectivity index (χ0) is 14.5. The molecule has 0 saturated carbocycles. The minimum absolute atomic E-state index is 0.00866. The van der Waals surface area contributed by atoms with E-state index in [2.05, 4.69) is 10.6 Å². The lowest BCUT2D eigenvalue weighted by molar-refractivity contribution is -0.115. The average Bonchev–Trinajstić information content (AvgIpc) is 2.95. The first kappa shape index (κ1) is 14.3. The molecule has 0 unspecified atom stereocenters. The van der Waals surface area contributed by atoms with Gasteiger partial charge in [-0.05, 0) is 50.1 Å².